The van der Waals surface area contributed by atoms with Gasteiger partial charge in [0.25, 0.3) is 5.91 Å². The van der Waals surface area contributed by atoms with Gasteiger partial charge in [-0.3, -0.25) is 4.79 Å². The highest BCUT2D eigenvalue weighted by Crippen LogP contribution is 2.47. The number of hydrogen-bond donors (Lipinski definition) is 1. The van der Waals surface area contributed by atoms with Crippen LogP contribution in [-0.4, -0.2) is 42.2 Å². The fourth-order valence-corrected chi connectivity index (χ4v) is 3.82. The highest BCUT2D eigenvalue weighted by atomic mass is 16.5. The normalized spacial score (nSPS) is 33.1. The van der Waals surface area contributed by atoms with E-state index in [0.29, 0.717) is 0 Å². The lowest BCUT2D eigenvalue weighted by atomic mass is 9.61. The van der Waals surface area contributed by atoms with Crippen molar-refractivity contribution >= 4 is 5.91 Å². The highest BCUT2D eigenvalue weighted by molar-refractivity contribution is 5.84. The number of aliphatic hydroxyl groups excluding tert-OH is 1. The standard InChI is InChI=1S/C16H21NO3/c1-17-12-6-4-8-16(10-12,14(18)15(17)19)11-5-3-7-13(9-11)20-2/h3,5,7,9,12,14,18H,4,6,8,10H2,1-2H3/t12-,14?,16+/m0/s1. The van der Waals surface area contributed by atoms with Gasteiger partial charge in [0.2, 0.25) is 0 Å². The molecule has 1 saturated carbocycles. The Morgan fingerprint density at radius 3 is 3.00 bits per heavy atom. The first-order chi connectivity index (χ1) is 9.58. The predicted octanol–water partition coefficient (Wildman–Crippen LogP) is 1.71. The van der Waals surface area contributed by atoms with Crippen molar-refractivity contribution in [1.82, 2.24) is 4.90 Å². The molecular weight excluding hydrogens is 254 g/mol. The molecular formula is C16H21NO3. The maximum Gasteiger partial charge on any atom is 0.252 e. The fourth-order valence-electron chi connectivity index (χ4n) is 3.82. The van der Waals surface area contributed by atoms with Gasteiger partial charge in [-0.05, 0) is 37.0 Å². The second-order valence-electron chi connectivity index (χ2n) is 5.99. The number of nitrogens with zero attached hydrogens (tertiary/aromatic N) is 1. The first-order valence-electron chi connectivity index (χ1n) is 7.18. The van der Waals surface area contributed by atoms with Crippen LogP contribution in [0.3, 0.4) is 0 Å². The number of benzene rings is 1. The largest absolute Gasteiger partial charge is 0.497 e. The molecule has 1 saturated heterocycles. The molecule has 0 aromatic heterocycles. The Labute approximate surface area is 119 Å². The number of aliphatic hydroxyl groups is 1. The summed E-state index contributed by atoms with van der Waals surface area (Å²) in [5, 5.41) is 10.6. The lowest BCUT2D eigenvalue weighted by Crippen LogP contribution is -2.61. The maximum absolute atomic E-state index is 12.3. The smallest absolute Gasteiger partial charge is 0.252 e. The molecule has 20 heavy (non-hydrogen) atoms. The van der Waals surface area contributed by atoms with E-state index in [4.69, 9.17) is 4.74 Å². The first-order valence-corrected chi connectivity index (χ1v) is 7.18. The second-order valence-corrected chi connectivity index (χ2v) is 5.99. The van der Waals surface area contributed by atoms with Gasteiger partial charge >= 0.3 is 0 Å². The molecule has 0 spiro atoms. The first kappa shape index (κ1) is 13.4. The molecule has 3 rings (SSSR count). The van der Waals surface area contributed by atoms with Crippen molar-refractivity contribution in [2.45, 2.75) is 43.2 Å². The number of fused-ring (bicyclic) bond motifs is 2. The van der Waals surface area contributed by atoms with Crippen molar-refractivity contribution in [3.63, 3.8) is 0 Å². The number of likely N-dealkylation sites (N-methyl/N-ethyl adjacent to an activating group) is 1. The average molecular weight is 275 g/mol. The summed E-state index contributed by atoms with van der Waals surface area (Å²) >= 11 is 0. The summed E-state index contributed by atoms with van der Waals surface area (Å²) in [5.41, 5.74) is 0.580. The van der Waals surface area contributed by atoms with Gasteiger partial charge in [0.15, 0.2) is 0 Å². The summed E-state index contributed by atoms with van der Waals surface area (Å²) < 4.78 is 5.29. The Bertz CT molecular complexity index is 530. The second kappa shape index (κ2) is 4.77. The quantitative estimate of drug-likeness (QED) is 0.894. The average Bonchev–Trinajstić information content (AvgIpc) is 2.51. The molecule has 108 valence electrons. The van der Waals surface area contributed by atoms with E-state index in [1.54, 1.807) is 19.1 Å². The zero-order valence-electron chi connectivity index (χ0n) is 12.0. The van der Waals surface area contributed by atoms with Crippen LogP contribution in [0.2, 0.25) is 0 Å². The molecule has 0 radical (unpaired) electrons. The van der Waals surface area contributed by atoms with E-state index in [9.17, 15) is 9.90 Å². The highest BCUT2D eigenvalue weighted by Gasteiger charge is 2.53. The Morgan fingerprint density at radius 2 is 2.25 bits per heavy atom. The maximum atomic E-state index is 12.3. The van der Waals surface area contributed by atoms with Gasteiger partial charge in [0.1, 0.15) is 11.9 Å². The molecule has 2 bridgehead atoms. The van der Waals surface area contributed by atoms with Crippen molar-refractivity contribution < 1.29 is 14.6 Å². The number of piperidine rings is 1. The lowest BCUT2D eigenvalue weighted by Gasteiger charge is -2.51. The van der Waals surface area contributed by atoms with Crippen LogP contribution in [0.25, 0.3) is 0 Å². The molecule has 1 aliphatic carbocycles. The molecule has 4 heteroatoms. The Hall–Kier alpha value is -1.55. The molecule has 1 aliphatic heterocycles. The topological polar surface area (TPSA) is 49.8 Å². The van der Waals surface area contributed by atoms with Gasteiger partial charge < -0.3 is 14.7 Å². The number of likely N-dealkylation sites (tertiary alicyclic amines) is 1. The summed E-state index contributed by atoms with van der Waals surface area (Å²) in [6.45, 7) is 0. The molecule has 1 amide bonds. The van der Waals surface area contributed by atoms with E-state index in [2.05, 4.69) is 0 Å². The van der Waals surface area contributed by atoms with Crippen molar-refractivity contribution in [2.75, 3.05) is 14.2 Å². The molecule has 1 heterocycles. The third-order valence-corrected chi connectivity index (χ3v) is 5.06. The van der Waals surface area contributed by atoms with Gasteiger partial charge in [0.05, 0.1) is 7.11 Å². The van der Waals surface area contributed by atoms with E-state index < -0.39 is 11.5 Å². The Kier molecular flexibility index (Phi) is 3.21. The van der Waals surface area contributed by atoms with Crippen LogP contribution < -0.4 is 4.74 Å². The van der Waals surface area contributed by atoms with Crippen LogP contribution in [0.5, 0.6) is 5.75 Å². The van der Waals surface area contributed by atoms with E-state index in [1.807, 2.05) is 24.3 Å². The van der Waals surface area contributed by atoms with Crippen LogP contribution in [0, 0.1) is 0 Å². The minimum Gasteiger partial charge on any atom is -0.497 e. The van der Waals surface area contributed by atoms with Crippen LogP contribution >= 0.6 is 0 Å². The van der Waals surface area contributed by atoms with E-state index in [-0.39, 0.29) is 11.9 Å². The number of hydrogen-bond acceptors (Lipinski definition) is 3. The zero-order valence-corrected chi connectivity index (χ0v) is 12.0. The van der Waals surface area contributed by atoms with Crippen molar-refractivity contribution in [1.29, 1.82) is 0 Å². The third kappa shape index (κ3) is 1.82. The number of amides is 1. The van der Waals surface area contributed by atoms with E-state index >= 15 is 0 Å². The Morgan fingerprint density at radius 1 is 1.45 bits per heavy atom. The minimum atomic E-state index is -0.948. The molecule has 2 aliphatic rings. The van der Waals surface area contributed by atoms with Crippen molar-refractivity contribution in [3.05, 3.63) is 29.8 Å². The molecule has 1 N–H and O–H groups in total. The molecule has 2 fully saturated rings. The van der Waals surface area contributed by atoms with Crippen LogP contribution in [0.1, 0.15) is 31.2 Å². The van der Waals surface area contributed by atoms with Gasteiger partial charge in [-0.2, -0.15) is 0 Å². The molecule has 4 nitrogen and oxygen atoms in total. The van der Waals surface area contributed by atoms with Gasteiger partial charge in [-0.1, -0.05) is 18.6 Å². The van der Waals surface area contributed by atoms with Crippen LogP contribution in [0.15, 0.2) is 24.3 Å². The van der Waals surface area contributed by atoms with Gasteiger partial charge in [0, 0.05) is 18.5 Å². The van der Waals surface area contributed by atoms with E-state index in [1.165, 1.54) is 0 Å². The number of ether oxygens (including phenoxy) is 1. The minimum absolute atomic E-state index is 0.149. The number of methoxy groups -OCH3 is 1. The van der Waals surface area contributed by atoms with Crippen molar-refractivity contribution in [3.8, 4) is 5.75 Å². The molecule has 1 aromatic carbocycles. The van der Waals surface area contributed by atoms with Crippen LogP contribution in [0.4, 0.5) is 0 Å². The summed E-state index contributed by atoms with van der Waals surface area (Å²) in [6.07, 6.45) is 2.81. The number of rotatable bonds is 2. The molecule has 1 aromatic rings. The van der Waals surface area contributed by atoms with Crippen LogP contribution in [-0.2, 0) is 10.2 Å². The number of carbonyl (C=O) groups excluding carboxylic acids is 1. The third-order valence-electron chi connectivity index (χ3n) is 5.06. The number of carbonyl (C=O) groups is 1. The van der Waals surface area contributed by atoms with Gasteiger partial charge in [-0.15, -0.1) is 0 Å². The van der Waals surface area contributed by atoms with E-state index in [0.717, 1.165) is 37.0 Å². The summed E-state index contributed by atoms with van der Waals surface area (Å²) in [7, 11) is 3.44. The summed E-state index contributed by atoms with van der Waals surface area (Å²) in [6, 6.07) is 8.04. The zero-order chi connectivity index (χ0) is 14.3. The molecule has 1 unspecified atom stereocenters. The van der Waals surface area contributed by atoms with Crippen molar-refractivity contribution in [2.24, 2.45) is 0 Å². The fraction of sp³-hybridized carbons (Fsp3) is 0.562. The lowest BCUT2D eigenvalue weighted by molar-refractivity contribution is -0.156. The molecule has 3 atom stereocenters. The summed E-state index contributed by atoms with van der Waals surface area (Å²) in [5.74, 6) is 0.626. The van der Waals surface area contributed by atoms with Gasteiger partial charge in [-0.25, -0.2) is 0 Å². The SMILES string of the molecule is COc1cccc([C@@]23CCC[C@@H](C2)N(C)C(=O)C3O)c1. The predicted molar refractivity (Wildman–Crippen MR) is 75.7 cm³/mol. The monoisotopic (exact) mass is 275 g/mol. The Balaban J connectivity index is 2.06. The summed E-state index contributed by atoms with van der Waals surface area (Å²) in [4.78, 5) is 14.0.